The number of nitro benzene ring substituents is 1. The van der Waals surface area contributed by atoms with Gasteiger partial charge in [0.1, 0.15) is 6.61 Å². The van der Waals surface area contributed by atoms with E-state index >= 15 is 0 Å². The summed E-state index contributed by atoms with van der Waals surface area (Å²) < 4.78 is 42.4. The van der Waals surface area contributed by atoms with Crippen LogP contribution in [0.5, 0.6) is 5.75 Å². The Labute approximate surface area is 111 Å². The van der Waals surface area contributed by atoms with E-state index in [2.05, 4.69) is 0 Å². The molecular formula is C12H10F3NO4. The van der Waals surface area contributed by atoms with Gasteiger partial charge in [0.15, 0.2) is 11.5 Å². The molecule has 8 heteroatoms. The van der Waals surface area contributed by atoms with Crippen LogP contribution in [0.3, 0.4) is 0 Å². The highest BCUT2D eigenvalue weighted by atomic mass is 19.4. The molecule has 20 heavy (non-hydrogen) atoms. The number of carbonyl (C=O) groups is 1. The number of Topliss-reactive ketones (excluding diaryl/α,β-unsaturated/α-hetero) is 1. The van der Waals surface area contributed by atoms with Crippen LogP contribution < -0.4 is 4.74 Å². The second-order valence-corrected chi connectivity index (χ2v) is 4.47. The zero-order valence-corrected chi connectivity index (χ0v) is 10.1. The predicted octanol–water partition coefficient (Wildman–Crippen LogP) is 2.97. The van der Waals surface area contributed by atoms with Gasteiger partial charge in [-0.1, -0.05) is 0 Å². The van der Waals surface area contributed by atoms with E-state index in [1.807, 2.05) is 0 Å². The largest absolute Gasteiger partial charge is 0.479 e. The van der Waals surface area contributed by atoms with Crippen LogP contribution in [-0.4, -0.2) is 17.3 Å². The third-order valence-corrected chi connectivity index (χ3v) is 2.89. The fourth-order valence-electron chi connectivity index (χ4n) is 1.63. The maximum Gasteiger partial charge on any atom is 0.416 e. The quantitative estimate of drug-likeness (QED) is 0.617. The number of nitro groups is 1. The standard InChI is InChI=1S/C12H10F3NO4/c13-12(14,15)8-3-4-11(9(5-8)16(18)19)20-6-10(17)7-1-2-7/h3-5,7H,1-2,6H2. The number of halogens is 3. The first-order chi connectivity index (χ1) is 9.29. The van der Waals surface area contributed by atoms with Crippen LogP contribution in [0.4, 0.5) is 18.9 Å². The summed E-state index contributed by atoms with van der Waals surface area (Å²) in [5.41, 5.74) is -1.94. The van der Waals surface area contributed by atoms with Crippen molar-refractivity contribution in [3.05, 3.63) is 33.9 Å². The van der Waals surface area contributed by atoms with Gasteiger partial charge in [-0.05, 0) is 25.0 Å². The highest BCUT2D eigenvalue weighted by Gasteiger charge is 2.34. The Morgan fingerprint density at radius 1 is 1.40 bits per heavy atom. The minimum absolute atomic E-state index is 0.0801. The van der Waals surface area contributed by atoms with Crippen LogP contribution in [0.15, 0.2) is 18.2 Å². The van der Waals surface area contributed by atoms with E-state index in [1.54, 1.807) is 0 Å². The molecule has 0 heterocycles. The smallest absolute Gasteiger partial charge is 0.416 e. The highest BCUT2D eigenvalue weighted by Crippen LogP contribution is 2.36. The SMILES string of the molecule is O=C(COc1ccc(C(F)(F)F)cc1[N+](=O)[O-])C1CC1. The monoisotopic (exact) mass is 289 g/mol. The number of carbonyl (C=O) groups excluding carboxylic acids is 1. The predicted molar refractivity (Wildman–Crippen MR) is 61.3 cm³/mol. The Morgan fingerprint density at radius 3 is 2.55 bits per heavy atom. The second kappa shape index (κ2) is 5.10. The summed E-state index contributed by atoms with van der Waals surface area (Å²) in [6.07, 6.45) is -3.15. The lowest BCUT2D eigenvalue weighted by Crippen LogP contribution is -2.14. The van der Waals surface area contributed by atoms with E-state index in [4.69, 9.17) is 4.74 Å². The van der Waals surface area contributed by atoms with Crippen LogP contribution in [0, 0.1) is 16.0 Å². The zero-order chi connectivity index (χ0) is 14.9. The molecule has 0 N–H and O–H groups in total. The molecule has 1 aromatic rings. The zero-order valence-electron chi connectivity index (χ0n) is 10.1. The molecular weight excluding hydrogens is 279 g/mol. The molecule has 1 fully saturated rings. The molecule has 1 saturated carbocycles. The summed E-state index contributed by atoms with van der Waals surface area (Å²) in [4.78, 5) is 21.2. The van der Waals surface area contributed by atoms with Gasteiger partial charge in [-0.2, -0.15) is 13.2 Å². The van der Waals surface area contributed by atoms with Gasteiger partial charge in [0.05, 0.1) is 10.5 Å². The summed E-state index contributed by atoms with van der Waals surface area (Å²) in [7, 11) is 0. The molecule has 108 valence electrons. The number of hydrogen-bond donors (Lipinski definition) is 0. The molecule has 0 radical (unpaired) electrons. The van der Waals surface area contributed by atoms with E-state index in [-0.39, 0.29) is 24.1 Å². The molecule has 0 amide bonds. The normalized spacial score (nSPS) is 14.9. The molecule has 1 aliphatic carbocycles. The van der Waals surface area contributed by atoms with E-state index < -0.39 is 22.4 Å². The number of alkyl halides is 3. The number of rotatable bonds is 5. The number of ether oxygens (including phenoxy) is 1. The summed E-state index contributed by atoms with van der Waals surface area (Å²) >= 11 is 0. The summed E-state index contributed by atoms with van der Waals surface area (Å²) in [6, 6.07) is 1.95. The summed E-state index contributed by atoms with van der Waals surface area (Å²) in [5, 5.41) is 10.8. The molecule has 5 nitrogen and oxygen atoms in total. The average Bonchev–Trinajstić information content (AvgIpc) is 3.18. The highest BCUT2D eigenvalue weighted by molar-refractivity contribution is 5.84. The van der Waals surface area contributed by atoms with Crippen molar-refractivity contribution in [3.8, 4) is 5.75 Å². The van der Waals surface area contributed by atoms with E-state index in [9.17, 15) is 28.1 Å². The van der Waals surface area contributed by atoms with E-state index in [1.165, 1.54) is 0 Å². The van der Waals surface area contributed by atoms with Crippen LogP contribution in [0.25, 0.3) is 0 Å². The van der Waals surface area contributed by atoms with Crippen LogP contribution >= 0.6 is 0 Å². The van der Waals surface area contributed by atoms with Gasteiger partial charge in [0, 0.05) is 12.0 Å². The molecule has 2 rings (SSSR count). The molecule has 0 atom stereocenters. The first-order valence-corrected chi connectivity index (χ1v) is 5.80. The molecule has 1 aromatic carbocycles. The van der Waals surface area contributed by atoms with Gasteiger partial charge < -0.3 is 4.74 Å². The van der Waals surface area contributed by atoms with Crippen molar-refractivity contribution in [2.75, 3.05) is 6.61 Å². The van der Waals surface area contributed by atoms with Gasteiger partial charge in [-0.15, -0.1) is 0 Å². The lowest BCUT2D eigenvalue weighted by atomic mass is 10.2. The maximum absolute atomic E-state index is 12.5. The van der Waals surface area contributed by atoms with Crippen molar-refractivity contribution in [1.29, 1.82) is 0 Å². The average molecular weight is 289 g/mol. The Bertz CT molecular complexity index is 552. The molecule has 0 bridgehead atoms. The van der Waals surface area contributed by atoms with Gasteiger partial charge in [-0.25, -0.2) is 0 Å². The van der Waals surface area contributed by atoms with Crippen molar-refractivity contribution < 1.29 is 27.6 Å². The Morgan fingerprint density at radius 2 is 2.05 bits per heavy atom. The van der Waals surface area contributed by atoms with Crippen LogP contribution in [0.1, 0.15) is 18.4 Å². The third-order valence-electron chi connectivity index (χ3n) is 2.89. The fraction of sp³-hybridized carbons (Fsp3) is 0.417. The van der Waals surface area contributed by atoms with Crippen LogP contribution in [-0.2, 0) is 11.0 Å². The number of nitrogens with zero attached hydrogens (tertiary/aromatic N) is 1. The minimum atomic E-state index is -4.67. The topological polar surface area (TPSA) is 69.4 Å². The maximum atomic E-state index is 12.5. The first-order valence-electron chi connectivity index (χ1n) is 5.80. The molecule has 0 unspecified atom stereocenters. The minimum Gasteiger partial charge on any atom is -0.479 e. The van der Waals surface area contributed by atoms with E-state index in [0.717, 1.165) is 18.9 Å². The Kier molecular flexibility index (Phi) is 3.65. The first kappa shape index (κ1) is 14.3. The lowest BCUT2D eigenvalue weighted by molar-refractivity contribution is -0.386. The Hall–Kier alpha value is -2.12. The van der Waals surface area contributed by atoms with Crippen molar-refractivity contribution >= 4 is 11.5 Å². The van der Waals surface area contributed by atoms with Gasteiger partial charge in [0.25, 0.3) is 0 Å². The van der Waals surface area contributed by atoms with Gasteiger partial charge in [0.2, 0.25) is 0 Å². The number of ketones is 1. The molecule has 0 aromatic heterocycles. The van der Waals surface area contributed by atoms with Crippen molar-refractivity contribution in [1.82, 2.24) is 0 Å². The number of benzene rings is 1. The van der Waals surface area contributed by atoms with Gasteiger partial charge in [-0.3, -0.25) is 14.9 Å². The summed E-state index contributed by atoms with van der Waals surface area (Å²) in [5.74, 6) is -0.611. The summed E-state index contributed by atoms with van der Waals surface area (Å²) in [6.45, 7) is -0.364. The van der Waals surface area contributed by atoms with Crippen molar-refractivity contribution in [3.63, 3.8) is 0 Å². The van der Waals surface area contributed by atoms with Gasteiger partial charge >= 0.3 is 11.9 Å². The Balaban J connectivity index is 2.19. The molecule has 0 saturated heterocycles. The lowest BCUT2D eigenvalue weighted by Gasteiger charge is -2.09. The van der Waals surface area contributed by atoms with Crippen molar-refractivity contribution in [2.24, 2.45) is 5.92 Å². The molecule has 0 spiro atoms. The van der Waals surface area contributed by atoms with Crippen molar-refractivity contribution in [2.45, 2.75) is 19.0 Å². The van der Waals surface area contributed by atoms with E-state index in [0.29, 0.717) is 12.1 Å². The van der Waals surface area contributed by atoms with Crippen LogP contribution in [0.2, 0.25) is 0 Å². The second-order valence-electron chi connectivity index (χ2n) is 4.47. The fourth-order valence-corrected chi connectivity index (χ4v) is 1.63. The molecule has 1 aliphatic rings. The third kappa shape index (κ3) is 3.25. The number of hydrogen-bond acceptors (Lipinski definition) is 4. The molecule has 0 aliphatic heterocycles.